The van der Waals surface area contributed by atoms with Crippen molar-refractivity contribution in [2.45, 2.75) is 12.6 Å². The lowest BCUT2D eigenvalue weighted by atomic mass is 10.2. The van der Waals surface area contributed by atoms with Crippen molar-refractivity contribution in [1.82, 2.24) is 4.98 Å². The van der Waals surface area contributed by atoms with Crippen LogP contribution in [0.4, 0.5) is 42.0 Å². The van der Waals surface area contributed by atoms with E-state index in [4.69, 9.17) is 16.9 Å². The average molecular weight is 425 g/mol. The highest BCUT2D eigenvalue weighted by Gasteiger charge is 2.44. The fraction of sp³-hybridized carbons (Fsp3) is 0.278. The minimum atomic E-state index is -1.24. The molecule has 29 heavy (non-hydrogen) atoms. The molecule has 1 saturated carbocycles. The molecular weight excluding hydrogens is 409 g/mol. The SMILES string of the molecule is CNc1cc(N(C)c2c(F)cc(C#N)cc2Cl)nc(NC(=O)[C@H]2C[C@H]2F)c1NF. The molecule has 2 aromatic rings. The summed E-state index contributed by atoms with van der Waals surface area (Å²) in [5.41, 5.74) is 1.47. The van der Waals surface area contributed by atoms with Gasteiger partial charge in [-0.3, -0.25) is 4.79 Å². The number of amides is 1. The molecule has 1 heterocycles. The van der Waals surface area contributed by atoms with Gasteiger partial charge in [-0.1, -0.05) is 11.6 Å². The quantitative estimate of drug-likeness (QED) is 0.603. The molecule has 7 nitrogen and oxygen atoms in total. The number of carbonyl (C=O) groups is 1. The first kappa shape index (κ1) is 20.5. The molecular formula is C18H16ClF3N6O. The van der Waals surface area contributed by atoms with Crippen molar-refractivity contribution in [2.75, 3.05) is 35.2 Å². The third-order valence-electron chi connectivity index (χ3n) is 4.49. The van der Waals surface area contributed by atoms with Gasteiger partial charge < -0.3 is 15.5 Å². The molecule has 2 atom stereocenters. The Labute approximate surface area is 169 Å². The zero-order valence-electron chi connectivity index (χ0n) is 15.4. The Bertz CT molecular complexity index is 989. The molecule has 1 aromatic carbocycles. The standard InChI is InChI=1S/C18H16ClF3N6O/c1-24-13-6-14(28(2)16-10(19)3-8(7-23)4-12(16)21)25-17(15(13)27-22)26-18(29)9-5-11(9)20/h3-4,6,9,11,27H,5H2,1-2H3,(H2,24,25,26,29)/t9-,11+/m0/s1. The van der Waals surface area contributed by atoms with E-state index in [9.17, 15) is 18.1 Å². The molecule has 1 amide bonds. The maximum absolute atomic E-state index is 14.5. The lowest BCUT2D eigenvalue weighted by Gasteiger charge is -2.23. The Morgan fingerprint density at radius 3 is 2.62 bits per heavy atom. The van der Waals surface area contributed by atoms with Gasteiger partial charge in [0.05, 0.1) is 33.9 Å². The largest absolute Gasteiger partial charge is 0.386 e. The number of nitriles is 1. The predicted octanol–water partition coefficient (Wildman–Crippen LogP) is 4.15. The second-order valence-corrected chi connectivity index (χ2v) is 6.81. The predicted molar refractivity (Wildman–Crippen MR) is 104 cm³/mol. The molecule has 0 radical (unpaired) electrons. The van der Waals surface area contributed by atoms with Crippen LogP contribution in [0.5, 0.6) is 0 Å². The topological polar surface area (TPSA) is 93.1 Å². The van der Waals surface area contributed by atoms with E-state index in [0.717, 1.165) is 6.07 Å². The van der Waals surface area contributed by atoms with Crippen LogP contribution in [-0.2, 0) is 4.79 Å². The maximum atomic E-state index is 14.5. The number of pyridine rings is 1. The Balaban J connectivity index is 2.04. The van der Waals surface area contributed by atoms with Crippen LogP contribution >= 0.6 is 11.6 Å². The molecule has 0 unspecified atom stereocenters. The van der Waals surface area contributed by atoms with Gasteiger partial charge >= 0.3 is 0 Å². The second-order valence-electron chi connectivity index (χ2n) is 6.40. The Kier molecular flexibility index (Phi) is 5.70. The van der Waals surface area contributed by atoms with E-state index in [2.05, 4.69) is 15.6 Å². The number of hydrogen-bond acceptors (Lipinski definition) is 6. The number of halogens is 4. The van der Waals surface area contributed by atoms with Crippen LogP contribution in [0, 0.1) is 23.1 Å². The highest BCUT2D eigenvalue weighted by molar-refractivity contribution is 6.33. The summed E-state index contributed by atoms with van der Waals surface area (Å²) in [6.07, 6.45) is -1.15. The van der Waals surface area contributed by atoms with Crippen molar-refractivity contribution < 1.29 is 18.1 Å². The number of carbonyl (C=O) groups excluding carboxylic acids is 1. The van der Waals surface area contributed by atoms with Gasteiger partial charge in [0, 0.05) is 20.2 Å². The molecule has 0 bridgehead atoms. The summed E-state index contributed by atoms with van der Waals surface area (Å²) in [5.74, 6) is -2.29. The summed E-state index contributed by atoms with van der Waals surface area (Å²) in [7, 11) is 2.98. The van der Waals surface area contributed by atoms with Crippen LogP contribution < -0.4 is 21.1 Å². The minimum Gasteiger partial charge on any atom is -0.386 e. The monoisotopic (exact) mass is 424 g/mol. The molecule has 0 saturated heterocycles. The first-order valence-electron chi connectivity index (χ1n) is 8.48. The van der Waals surface area contributed by atoms with Gasteiger partial charge in [0.1, 0.15) is 23.5 Å². The van der Waals surface area contributed by atoms with Crippen molar-refractivity contribution in [3.05, 3.63) is 34.6 Å². The molecule has 3 N–H and O–H groups in total. The van der Waals surface area contributed by atoms with E-state index < -0.39 is 23.8 Å². The molecule has 1 aromatic heterocycles. The lowest BCUT2D eigenvalue weighted by molar-refractivity contribution is -0.117. The molecule has 11 heteroatoms. The van der Waals surface area contributed by atoms with Crippen molar-refractivity contribution in [3.63, 3.8) is 0 Å². The third kappa shape index (κ3) is 4.00. The number of nitrogens with one attached hydrogen (secondary N) is 3. The van der Waals surface area contributed by atoms with Crippen LogP contribution in [0.15, 0.2) is 18.2 Å². The highest BCUT2D eigenvalue weighted by Crippen LogP contribution is 2.40. The van der Waals surface area contributed by atoms with Gasteiger partial charge in [-0.05, 0) is 18.6 Å². The molecule has 152 valence electrons. The van der Waals surface area contributed by atoms with Gasteiger partial charge in [-0.25, -0.2) is 19.3 Å². The summed E-state index contributed by atoms with van der Waals surface area (Å²) in [4.78, 5) is 17.5. The first-order valence-corrected chi connectivity index (χ1v) is 8.85. The smallest absolute Gasteiger partial charge is 0.231 e. The fourth-order valence-corrected chi connectivity index (χ4v) is 3.13. The molecule has 1 aliphatic carbocycles. The van der Waals surface area contributed by atoms with Gasteiger partial charge in [-0.2, -0.15) is 5.26 Å². The molecule has 0 aliphatic heterocycles. The summed E-state index contributed by atoms with van der Waals surface area (Å²) >= 11 is 6.12. The van der Waals surface area contributed by atoms with Gasteiger partial charge in [0.2, 0.25) is 5.91 Å². The maximum Gasteiger partial charge on any atom is 0.231 e. The summed E-state index contributed by atoms with van der Waals surface area (Å²) in [5, 5.41) is 14.0. The van der Waals surface area contributed by atoms with Crippen molar-refractivity contribution in [1.29, 1.82) is 5.26 Å². The third-order valence-corrected chi connectivity index (χ3v) is 4.77. The number of anilines is 5. The molecule has 1 aliphatic rings. The van der Waals surface area contributed by atoms with E-state index >= 15 is 0 Å². The zero-order chi connectivity index (χ0) is 21.3. The Morgan fingerprint density at radius 2 is 2.10 bits per heavy atom. The number of hydrogen-bond donors (Lipinski definition) is 3. The molecule has 0 spiro atoms. The molecule has 1 fully saturated rings. The van der Waals surface area contributed by atoms with Crippen LogP contribution in [0.2, 0.25) is 5.02 Å². The number of alkyl halides is 1. The molecule has 3 rings (SSSR count). The highest BCUT2D eigenvalue weighted by atomic mass is 35.5. The van der Waals surface area contributed by atoms with Gasteiger partial charge in [0.25, 0.3) is 0 Å². The van der Waals surface area contributed by atoms with Gasteiger partial charge in [0.15, 0.2) is 5.82 Å². The minimum absolute atomic E-state index is 0.0339. The summed E-state index contributed by atoms with van der Waals surface area (Å²) in [6, 6.07) is 5.52. The van der Waals surface area contributed by atoms with Crippen LogP contribution in [0.25, 0.3) is 0 Å². The number of aromatic nitrogens is 1. The van der Waals surface area contributed by atoms with E-state index in [1.54, 1.807) is 6.07 Å². The number of nitrogens with zero attached hydrogens (tertiary/aromatic N) is 3. The van der Waals surface area contributed by atoms with Crippen LogP contribution in [0.3, 0.4) is 0 Å². The zero-order valence-corrected chi connectivity index (χ0v) is 16.1. The van der Waals surface area contributed by atoms with Crippen molar-refractivity contribution in [2.24, 2.45) is 5.92 Å². The lowest BCUT2D eigenvalue weighted by Crippen LogP contribution is -2.20. The van der Waals surface area contributed by atoms with Crippen molar-refractivity contribution in [3.8, 4) is 6.07 Å². The van der Waals surface area contributed by atoms with E-state index in [1.165, 1.54) is 36.7 Å². The average Bonchev–Trinajstić information content (AvgIpc) is 3.43. The fourth-order valence-electron chi connectivity index (χ4n) is 2.80. The van der Waals surface area contributed by atoms with E-state index in [1.807, 2.05) is 0 Å². The Morgan fingerprint density at radius 1 is 1.41 bits per heavy atom. The van der Waals surface area contributed by atoms with Crippen molar-refractivity contribution >= 4 is 46.2 Å². The first-order chi connectivity index (χ1) is 13.8. The number of rotatable bonds is 6. The van der Waals surface area contributed by atoms with Gasteiger partial charge in [-0.15, -0.1) is 4.48 Å². The normalized spacial score (nSPS) is 17.3. The second kappa shape index (κ2) is 8.05. The number of benzene rings is 1. The van der Waals surface area contributed by atoms with Crippen LogP contribution in [-0.4, -0.2) is 31.2 Å². The Hall–Kier alpha value is -3.19. The summed E-state index contributed by atoms with van der Waals surface area (Å²) in [6.45, 7) is 0. The summed E-state index contributed by atoms with van der Waals surface area (Å²) < 4.78 is 41.1. The van der Waals surface area contributed by atoms with Crippen LogP contribution in [0.1, 0.15) is 12.0 Å². The van der Waals surface area contributed by atoms with E-state index in [0.29, 0.717) is 0 Å². The van der Waals surface area contributed by atoms with E-state index in [-0.39, 0.29) is 45.7 Å².